The zero-order valence-electron chi connectivity index (χ0n) is 10.5. The van der Waals surface area contributed by atoms with Crippen molar-refractivity contribution < 1.29 is 9.53 Å². The van der Waals surface area contributed by atoms with Crippen LogP contribution in [-0.4, -0.2) is 36.1 Å². The zero-order chi connectivity index (χ0) is 13.3. The molecule has 0 saturated carbocycles. The molecular formula is C13H17ClN2O2. The minimum atomic E-state index is -0.0676. The minimum Gasteiger partial charge on any atom is -0.399 e. The summed E-state index contributed by atoms with van der Waals surface area (Å²) in [7, 11) is 0. The van der Waals surface area contributed by atoms with Gasteiger partial charge in [0.1, 0.15) is 0 Å². The number of nitrogen functional groups attached to an aromatic ring is 1. The van der Waals surface area contributed by atoms with E-state index in [-0.39, 0.29) is 18.1 Å². The van der Waals surface area contributed by atoms with Crippen molar-refractivity contribution in [1.29, 1.82) is 0 Å². The second-order valence-electron chi connectivity index (χ2n) is 4.71. The van der Waals surface area contributed by atoms with E-state index in [9.17, 15) is 4.79 Å². The Hall–Kier alpha value is -1.26. The van der Waals surface area contributed by atoms with Crippen molar-refractivity contribution in [3.8, 4) is 0 Å². The zero-order valence-corrected chi connectivity index (χ0v) is 11.3. The Bertz CT molecular complexity index is 454. The number of amides is 1. The lowest BCUT2D eigenvalue weighted by atomic mass is 10.1. The Morgan fingerprint density at radius 1 is 1.39 bits per heavy atom. The average Bonchev–Trinajstić information content (AvgIpc) is 2.26. The van der Waals surface area contributed by atoms with Crippen molar-refractivity contribution in [2.24, 2.45) is 0 Å². The van der Waals surface area contributed by atoms with Gasteiger partial charge in [0.05, 0.1) is 22.8 Å². The molecular weight excluding hydrogens is 252 g/mol. The topological polar surface area (TPSA) is 55.6 Å². The van der Waals surface area contributed by atoms with Crippen LogP contribution in [0.2, 0.25) is 5.02 Å². The number of nitrogens with zero attached hydrogens (tertiary/aromatic N) is 1. The molecule has 4 nitrogen and oxygen atoms in total. The number of halogens is 1. The van der Waals surface area contributed by atoms with Crippen LogP contribution in [0, 0.1) is 0 Å². The third kappa shape index (κ3) is 2.76. The van der Waals surface area contributed by atoms with E-state index >= 15 is 0 Å². The third-order valence-electron chi connectivity index (χ3n) is 2.93. The van der Waals surface area contributed by atoms with E-state index in [2.05, 4.69) is 0 Å². The molecule has 2 rings (SSSR count). The summed E-state index contributed by atoms with van der Waals surface area (Å²) in [6, 6.07) is 4.96. The van der Waals surface area contributed by atoms with Gasteiger partial charge in [-0.1, -0.05) is 11.6 Å². The normalized spacial score (nSPS) is 24.1. The first-order valence-electron chi connectivity index (χ1n) is 5.97. The van der Waals surface area contributed by atoms with Crippen molar-refractivity contribution in [2.45, 2.75) is 26.1 Å². The lowest BCUT2D eigenvalue weighted by molar-refractivity contribution is -0.0586. The second kappa shape index (κ2) is 5.16. The predicted molar refractivity (Wildman–Crippen MR) is 71.8 cm³/mol. The number of hydrogen-bond donors (Lipinski definition) is 1. The van der Waals surface area contributed by atoms with Gasteiger partial charge in [-0.05, 0) is 32.0 Å². The molecule has 0 unspecified atom stereocenters. The first-order chi connectivity index (χ1) is 8.47. The summed E-state index contributed by atoms with van der Waals surface area (Å²) in [5.74, 6) is -0.0676. The number of ether oxygens (including phenoxy) is 1. The number of carbonyl (C=O) groups is 1. The van der Waals surface area contributed by atoms with Gasteiger partial charge in [-0.3, -0.25) is 4.79 Å². The van der Waals surface area contributed by atoms with Gasteiger partial charge in [-0.2, -0.15) is 0 Å². The molecule has 0 bridgehead atoms. The number of morpholine rings is 1. The molecule has 98 valence electrons. The number of rotatable bonds is 1. The number of hydrogen-bond acceptors (Lipinski definition) is 3. The fourth-order valence-electron chi connectivity index (χ4n) is 2.22. The van der Waals surface area contributed by atoms with Crippen molar-refractivity contribution in [2.75, 3.05) is 18.8 Å². The van der Waals surface area contributed by atoms with E-state index in [1.807, 2.05) is 13.8 Å². The SMILES string of the molecule is C[C@@H]1CN(C(=O)c2ccc(N)cc2Cl)C[C@H](C)O1. The molecule has 1 fully saturated rings. The molecule has 1 aliphatic heterocycles. The molecule has 1 aliphatic rings. The molecule has 1 aromatic carbocycles. The van der Waals surface area contributed by atoms with Crippen LogP contribution in [0.25, 0.3) is 0 Å². The molecule has 5 heteroatoms. The van der Waals surface area contributed by atoms with Crippen LogP contribution in [-0.2, 0) is 4.74 Å². The standard InChI is InChI=1S/C13H17ClN2O2/c1-8-6-16(7-9(2)18-8)13(17)11-4-3-10(15)5-12(11)14/h3-5,8-9H,6-7,15H2,1-2H3/t8-,9+. The van der Waals surface area contributed by atoms with E-state index in [4.69, 9.17) is 22.1 Å². The molecule has 18 heavy (non-hydrogen) atoms. The highest BCUT2D eigenvalue weighted by atomic mass is 35.5. The number of carbonyl (C=O) groups excluding carboxylic acids is 1. The van der Waals surface area contributed by atoms with E-state index < -0.39 is 0 Å². The molecule has 2 atom stereocenters. The van der Waals surface area contributed by atoms with Gasteiger partial charge >= 0.3 is 0 Å². The van der Waals surface area contributed by atoms with E-state index in [0.29, 0.717) is 29.4 Å². The predicted octanol–water partition coefficient (Wildman–Crippen LogP) is 2.17. The van der Waals surface area contributed by atoms with Gasteiger partial charge in [0.2, 0.25) is 0 Å². The van der Waals surface area contributed by atoms with Crippen molar-refractivity contribution in [1.82, 2.24) is 4.90 Å². The Balaban J connectivity index is 2.20. The Kier molecular flexibility index (Phi) is 3.78. The Morgan fingerprint density at radius 3 is 2.56 bits per heavy atom. The van der Waals surface area contributed by atoms with E-state index in [0.717, 1.165) is 0 Å². The van der Waals surface area contributed by atoms with Gasteiger partial charge in [0.25, 0.3) is 5.91 Å². The van der Waals surface area contributed by atoms with Crippen molar-refractivity contribution >= 4 is 23.2 Å². The summed E-state index contributed by atoms with van der Waals surface area (Å²) in [5, 5.41) is 0.395. The molecule has 1 heterocycles. The van der Waals surface area contributed by atoms with Gasteiger partial charge in [0.15, 0.2) is 0 Å². The molecule has 2 N–H and O–H groups in total. The van der Waals surface area contributed by atoms with Gasteiger partial charge in [-0.25, -0.2) is 0 Å². The number of nitrogens with two attached hydrogens (primary N) is 1. The molecule has 1 amide bonds. The molecule has 0 spiro atoms. The Labute approximate surface area is 112 Å². The van der Waals surface area contributed by atoms with E-state index in [1.54, 1.807) is 23.1 Å². The summed E-state index contributed by atoms with van der Waals surface area (Å²) in [4.78, 5) is 14.1. The smallest absolute Gasteiger partial charge is 0.255 e. The van der Waals surface area contributed by atoms with Gasteiger partial charge < -0.3 is 15.4 Å². The van der Waals surface area contributed by atoms with Crippen LogP contribution in [0.3, 0.4) is 0 Å². The van der Waals surface area contributed by atoms with Crippen LogP contribution in [0.1, 0.15) is 24.2 Å². The lowest BCUT2D eigenvalue weighted by Gasteiger charge is -2.35. The summed E-state index contributed by atoms with van der Waals surface area (Å²) < 4.78 is 5.60. The quantitative estimate of drug-likeness (QED) is 0.794. The van der Waals surface area contributed by atoms with Crippen molar-refractivity contribution in [3.63, 3.8) is 0 Å². The van der Waals surface area contributed by atoms with Crippen molar-refractivity contribution in [3.05, 3.63) is 28.8 Å². The first-order valence-corrected chi connectivity index (χ1v) is 6.35. The fraction of sp³-hybridized carbons (Fsp3) is 0.462. The molecule has 0 aliphatic carbocycles. The highest BCUT2D eigenvalue weighted by Crippen LogP contribution is 2.22. The molecule has 1 aromatic rings. The average molecular weight is 269 g/mol. The summed E-state index contributed by atoms with van der Waals surface area (Å²) in [5.41, 5.74) is 6.67. The lowest BCUT2D eigenvalue weighted by Crippen LogP contribution is -2.48. The first kappa shape index (κ1) is 13.2. The molecule has 1 saturated heterocycles. The highest BCUT2D eigenvalue weighted by molar-refractivity contribution is 6.34. The van der Waals surface area contributed by atoms with Crippen LogP contribution in [0.5, 0.6) is 0 Å². The fourth-order valence-corrected chi connectivity index (χ4v) is 2.49. The largest absolute Gasteiger partial charge is 0.399 e. The summed E-state index contributed by atoms with van der Waals surface area (Å²) >= 11 is 6.06. The van der Waals surface area contributed by atoms with Gasteiger partial charge in [0, 0.05) is 18.8 Å². The summed E-state index contributed by atoms with van der Waals surface area (Å²) in [6.07, 6.45) is 0.0931. The highest BCUT2D eigenvalue weighted by Gasteiger charge is 2.27. The third-order valence-corrected chi connectivity index (χ3v) is 3.24. The maximum absolute atomic E-state index is 12.4. The number of benzene rings is 1. The maximum atomic E-state index is 12.4. The second-order valence-corrected chi connectivity index (χ2v) is 5.11. The maximum Gasteiger partial charge on any atom is 0.255 e. The monoisotopic (exact) mass is 268 g/mol. The molecule has 0 aromatic heterocycles. The summed E-state index contributed by atoms with van der Waals surface area (Å²) in [6.45, 7) is 5.09. The van der Waals surface area contributed by atoms with Crippen LogP contribution in [0.4, 0.5) is 5.69 Å². The van der Waals surface area contributed by atoms with Crippen LogP contribution in [0.15, 0.2) is 18.2 Å². The van der Waals surface area contributed by atoms with E-state index in [1.165, 1.54) is 0 Å². The van der Waals surface area contributed by atoms with Crippen LogP contribution < -0.4 is 5.73 Å². The number of anilines is 1. The van der Waals surface area contributed by atoms with Gasteiger partial charge in [-0.15, -0.1) is 0 Å². The molecule has 0 radical (unpaired) electrons. The Morgan fingerprint density at radius 2 is 2.00 bits per heavy atom. The minimum absolute atomic E-state index is 0.0465. The van der Waals surface area contributed by atoms with Crippen LogP contribution >= 0.6 is 11.6 Å².